The molecule has 1 N–H and O–H groups in total. The first-order valence-electron chi connectivity index (χ1n) is 6.93. The van der Waals surface area contributed by atoms with E-state index >= 15 is 0 Å². The van der Waals surface area contributed by atoms with E-state index in [1.54, 1.807) is 0 Å². The molecule has 2 aromatic rings. The Kier molecular flexibility index (Phi) is 4.73. The van der Waals surface area contributed by atoms with Crippen LogP contribution >= 0.6 is 22.9 Å². The van der Waals surface area contributed by atoms with Crippen molar-refractivity contribution in [2.75, 3.05) is 0 Å². The third-order valence-electron chi connectivity index (χ3n) is 3.32. The molecule has 4 heteroatoms. The van der Waals surface area contributed by atoms with Crippen LogP contribution in [0.15, 0.2) is 36.4 Å². The Labute approximate surface area is 128 Å². The molecule has 0 atom stereocenters. The van der Waals surface area contributed by atoms with E-state index in [-0.39, 0.29) is 0 Å². The summed E-state index contributed by atoms with van der Waals surface area (Å²) in [5, 5.41) is 4.30. The second kappa shape index (κ2) is 6.72. The van der Waals surface area contributed by atoms with Gasteiger partial charge in [0.25, 0.3) is 0 Å². The number of hydrogen-bond acceptors (Lipinski definition) is 3. The van der Waals surface area contributed by atoms with Crippen LogP contribution in [0.5, 0.6) is 0 Å². The Hall–Kier alpha value is -0.870. The average Bonchev–Trinajstić information content (AvgIpc) is 3.18. The van der Waals surface area contributed by atoms with Crippen LogP contribution < -0.4 is 5.32 Å². The average molecular weight is 308 g/mol. The Morgan fingerprint density at radius 3 is 2.70 bits per heavy atom. The first kappa shape index (κ1) is 14.1. The summed E-state index contributed by atoms with van der Waals surface area (Å²) >= 11 is 7.92. The van der Waals surface area contributed by atoms with Gasteiger partial charge < -0.3 is 10.1 Å². The van der Waals surface area contributed by atoms with Crippen molar-refractivity contribution >= 4 is 22.9 Å². The topological polar surface area (TPSA) is 21.3 Å². The lowest BCUT2D eigenvalue weighted by Gasteiger charge is -2.04. The minimum atomic E-state index is 0.563. The van der Waals surface area contributed by atoms with Gasteiger partial charge in [-0.15, -0.1) is 11.3 Å². The van der Waals surface area contributed by atoms with Gasteiger partial charge in [-0.25, -0.2) is 0 Å². The second-order valence-corrected chi connectivity index (χ2v) is 6.77. The molecule has 1 heterocycles. The molecule has 1 aromatic carbocycles. The fourth-order valence-electron chi connectivity index (χ4n) is 2.00. The molecule has 20 heavy (non-hydrogen) atoms. The normalized spacial score (nSPS) is 14.7. The number of thiophene rings is 1. The van der Waals surface area contributed by atoms with E-state index in [0.29, 0.717) is 13.2 Å². The van der Waals surface area contributed by atoms with Gasteiger partial charge in [-0.3, -0.25) is 0 Å². The predicted molar refractivity (Wildman–Crippen MR) is 84.1 cm³/mol. The fourth-order valence-corrected chi connectivity index (χ4v) is 3.10. The second-order valence-electron chi connectivity index (χ2n) is 5.11. The Morgan fingerprint density at radius 1 is 1.10 bits per heavy atom. The van der Waals surface area contributed by atoms with E-state index in [1.807, 2.05) is 35.6 Å². The zero-order valence-electron chi connectivity index (χ0n) is 11.3. The van der Waals surface area contributed by atoms with E-state index < -0.39 is 0 Å². The van der Waals surface area contributed by atoms with Gasteiger partial charge in [-0.2, -0.15) is 0 Å². The van der Waals surface area contributed by atoms with Gasteiger partial charge >= 0.3 is 0 Å². The molecule has 0 spiro atoms. The zero-order chi connectivity index (χ0) is 13.8. The lowest BCUT2D eigenvalue weighted by atomic mass is 10.2. The molecular formula is C16H18ClNOS. The number of nitrogens with one attached hydrogen (secondary N) is 1. The third kappa shape index (κ3) is 4.06. The smallest absolute Gasteiger partial charge is 0.0814 e. The summed E-state index contributed by atoms with van der Waals surface area (Å²) < 4.78 is 5.74. The highest BCUT2D eigenvalue weighted by Gasteiger charge is 2.20. The molecule has 1 fully saturated rings. The minimum absolute atomic E-state index is 0.563. The van der Waals surface area contributed by atoms with Crippen LogP contribution in [0, 0.1) is 0 Å². The van der Waals surface area contributed by atoms with Crippen molar-refractivity contribution in [3.63, 3.8) is 0 Å². The van der Waals surface area contributed by atoms with Crippen molar-refractivity contribution in [2.45, 2.75) is 38.6 Å². The summed E-state index contributed by atoms with van der Waals surface area (Å²) in [4.78, 5) is 2.65. The number of hydrogen-bond donors (Lipinski definition) is 1. The molecule has 0 unspecified atom stereocenters. The Balaban J connectivity index is 1.45. The van der Waals surface area contributed by atoms with E-state index in [4.69, 9.17) is 16.3 Å². The molecule has 3 rings (SSSR count). The quantitative estimate of drug-likeness (QED) is 0.820. The highest BCUT2D eigenvalue weighted by Crippen LogP contribution is 2.23. The number of rotatable bonds is 7. The lowest BCUT2D eigenvalue weighted by Crippen LogP contribution is -2.14. The van der Waals surface area contributed by atoms with Crippen LogP contribution in [-0.4, -0.2) is 6.04 Å². The first-order chi connectivity index (χ1) is 9.81. The van der Waals surface area contributed by atoms with Gasteiger partial charge in [0.1, 0.15) is 0 Å². The molecule has 0 saturated heterocycles. The van der Waals surface area contributed by atoms with E-state index in [1.165, 1.54) is 22.6 Å². The molecule has 0 aliphatic heterocycles. The maximum absolute atomic E-state index is 6.10. The monoisotopic (exact) mass is 307 g/mol. The van der Waals surface area contributed by atoms with E-state index in [0.717, 1.165) is 23.2 Å². The molecule has 1 aliphatic carbocycles. The maximum atomic E-state index is 6.10. The Bertz CT molecular complexity index is 565. The largest absolute Gasteiger partial charge is 0.371 e. The molecule has 0 radical (unpaired) electrons. The highest BCUT2D eigenvalue weighted by atomic mass is 35.5. The number of halogens is 1. The van der Waals surface area contributed by atoms with Gasteiger partial charge in [-0.05, 0) is 36.6 Å². The first-order valence-corrected chi connectivity index (χ1v) is 8.13. The fraction of sp³-hybridized carbons (Fsp3) is 0.375. The zero-order valence-corrected chi connectivity index (χ0v) is 12.8. The highest BCUT2D eigenvalue weighted by molar-refractivity contribution is 7.11. The SMILES string of the molecule is Clc1ccccc1COCc1ccc(CNC2CC2)s1. The number of benzene rings is 1. The van der Waals surface area contributed by atoms with Crippen LogP contribution in [-0.2, 0) is 24.5 Å². The molecule has 106 valence electrons. The molecule has 1 aromatic heterocycles. The van der Waals surface area contributed by atoms with Crippen molar-refractivity contribution in [2.24, 2.45) is 0 Å². The summed E-state index contributed by atoms with van der Waals surface area (Å²) in [5.41, 5.74) is 1.04. The molecule has 1 saturated carbocycles. The van der Waals surface area contributed by atoms with Crippen molar-refractivity contribution in [1.29, 1.82) is 0 Å². The van der Waals surface area contributed by atoms with Crippen LogP contribution in [0.3, 0.4) is 0 Å². The van der Waals surface area contributed by atoms with Crippen molar-refractivity contribution < 1.29 is 4.74 Å². The summed E-state index contributed by atoms with van der Waals surface area (Å²) in [5.74, 6) is 0. The van der Waals surface area contributed by atoms with Gasteiger partial charge in [-0.1, -0.05) is 29.8 Å². The van der Waals surface area contributed by atoms with E-state index in [2.05, 4.69) is 17.4 Å². The molecular weight excluding hydrogens is 290 g/mol. The maximum Gasteiger partial charge on any atom is 0.0814 e. The molecule has 0 amide bonds. The number of ether oxygens (including phenoxy) is 1. The van der Waals surface area contributed by atoms with Crippen LogP contribution in [0.1, 0.15) is 28.2 Å². The predicted octanol–water partition coefficient (Wildman–Crippen LogP) is 4.37. The summed E-state index contributed by atoms with van der Waals surface area (Å²) in [6.07, 6.45) is 2.67. The third-order valence-corrected chi connectivity index (χ3v) is 4.75. The van der Waals surface area contributed by atoms with Crippen molar-refractivity contribution in [1.82, 2.24) is 5.32 Å². The summed E-state index contributed by atoms with van der Waals surface area (Å²) in [7, 11) is 0. The van der Waals surface area contributed by atoms with E-state index in [9.17, 15) is 0 Å². The molecule has 2 nitrogen and oxygen atoms in total. The van der Waals surface area contributed by atoms with Crippen LogP contribution in [0.2, 0.25) is 5.02 Å². The van der Waals surface area contributed by atoms with Gasteiger partial charge in [0.15, 0.2) is 0 Å². The minimum Gasteiger partial charge on any atom is -0.371 e. The summed E-state index contributed by atoms with van der Waals surface area (Å²) in [6, 6.07) is 12.9. The lowest BCUT2D eigenvalue weighted by molar-refractivity contribution is 0.109. The van der Waals surface area contributed by atoms with Gasteiger partial charge in [0, 0.05) is 27.4 Å². The van der Waals surface area contributed by atoms with Crippen molar-refractivity contribution in [3.05, 3.63) is 56.7 Å². The Morgan fingerprint density at radius 2 is 1.90 bits per heavy atom. The van der Waals surface area contributed by atoms with Crippen LogP contribution in [0.4, 0.5) is 0 Å². The van der Waals surface area contributed by atoms with Gasteiger partial charge in [0.2, 0.25) is 0 Å². The molecule has 0 bridgehead atoms. The standard InChI is InChI=1S/C16H18ClNOS/c17-16-4-2-1-3-12(16)10-19-11-15-8-7-14(20-15)9-18-13-5-6-13/h1-4,7-8,13,18H,5-6,9-11H2. The van der Waals surface area contributed by atoms with Gasteiger partial charge in [0.05, 0.1) is 13.2 Å². The van der Waals surface area contributed by atoms with Crippen LogP contribution in [0.25, 0.3) is 0 Å². The van der Waals surface area contributed by atoms with Crippen molar-refractivity contribution in [3.8, 4) is 0 Å². The summed E-state index contributed by atoms with van der Waals surface area (Å²) in [6.45, 7) is 2.20. The molecule has 1 aliphatic rings.